The number of hydrogen-bond donors (Lipinski definition) is 3. The van der Waals surface area contributed by atoms with Crippen molar-refractivity contribution in [3.05, 3.63) is 37.2 Å². The number of benzene rings is 1. The van der Waals surface area contributed by atoms with E-state index >= 15 is 0 Å². The molecule has 4 rings (SSSR count). The first-order valence-electron chi connectivity index (χ1n) is 9.87. The number of anilines is 1. The van der Waals surface area contributed by atoms with E-state index in [0.717, 1.165) is 11.1 Å². The van der Waals surface area contributed by atoms with Gasteiger partial charge in [-0.25, -0.2) is 9.78 Å². The van der Waals surface area contributed by atoms with E-state index in [4.69, 9.17) is 4.74 Å². The lowest BCUT2D eigenvalue weighted by Gasteiger charge is -2.37. The smallest absolute Gasteiger partial charge is 0.324 e. The number of likely N-dealkylation sites (tertiary alicyclic amines) is 1. The molecule has 1 aromatic carbocycles. The number of aryl methyl sites for hydroxylation is 1. The number of carbonyl (C=O) groups excluding carboxylic acids is 1. The lowest BCUT2D eigenvalue weighted by atomic mass is 9.88. The largest absolute Gasteiger partial charge is 0.494 e. The number of ether oxygens (including phenoxy) is 1. The molecule has 0 saturated carbocycles. The van der Waals surface area contributed by atoms with Crippen LogP contribution in [0.15, 0.2) is 37.2 Å². The fraction of sp³-hybridized carbons (Fsp3) is 0.381. The van der Waals surface area contributed by atoms with Gasteiger partial charge in [0.2, 0.25) is 5.95 Å². The summed E-state index contributed by atoms with van der Waals surface area (Å²) in [6.45, 7) is 4.64. The number of imidazole rings is 1. The van der Waals surface area contributed by atoms with Gasteiger partial charge in [-0.1, -0.05) is 6.08 Å². The molecule has 2 aromatic heterocycles. The summed E-state index contributed by atoms with van der Waals surface area (Å²) in [5.74, 6) is 0.981. The van der Waals surface area contributed by atoms with Crippen molar-refractivity contribution in [2.45, 2.75) is 24.9 Å². The van der Waals surface area contributed by atoms with Crippen LogP contribution in [-0.4, -0.2) is 61.6 Å². The number of methoxy groups -OCH3 is 1. The third-order valence-electron chi connectivity index (χ3n) is 5.57. The Morgan fingerprint density at radius 3 is 2.83 bits per heavy atom. The van der Waals surface area contributed by atoms with Crippen LogP contribution in [0.1, 0.15) is 19.3 Å². The van der Waals surface area contributed by atoms with Gasteiger partial charge in [0.15, 0.2) is 0 Å². The predicted octanol–water partition coefficient (Wildman–Crippen LogP) is 2.91. The topological polar surface area (TPSA) is 108 Å². The van der Waals surface area contributed by atoms with E-state index in [9.17, 15) is 9.90 Å². The summed E-state index contributed by atoms with van der Waals surface area (Å²) in [6, 6.07) is 3.53. The summed E-state index contributed by atoms with van der Waals surface area (Å²) in [5.41, 5.74) is 2.43. The third kappa shape index (κ3) is 3.76. The monoisotopic (exact) mass is 410 g/mol. The number of hydrogen-bond acceptors (Lipinski definition) is 5. The van der Waals surface area contributed by atoms with Gasteiger partial charge in [0, 0.05) is 37.5 Å². The van der Waals surface area contributed by atoms with Gasteiger partial charge >= 0.3 is 6.03 Å². The number of nitrogens with one attached hydrogen (secondary N) is 2. The van der Waals surface area contributed by atoms with Crippen molar-refractivity contribution < 1.29 is 14.6 Å². The van der Waals surface area contributed by atoms with Crippen molar-refractivity contribution in [3.8, 4) is 16.9 Å². The zero-order valence-corrected chi connectivity index (χ0v) is 17.2. The van der Waals surface area contributed by atoms with E-state index in [-0.39, 0.29) is 6.03 Å². The molecule has 9 nitrogen and oxygen atoms in total. The zero-order valence-electron chi connectivity index (χ0n) is 17.2. The lowest BCUT2D eigenvalue weighted by Crippen LogP contribution is -2.47. The molecule has 3 N–H and O–H groups in total. The molecule has 1 aliphatic heterocycles. The van der Waals surface area contributed by atoms with Gasteiger partial charge in [-0.2, -0.15) is 5.10 Å². The Morgan fingerprint density at radius 2 is 2.20 bits per heavy atom. The van der Waals surface area contributed by atoms with E-state index in [2.05, 4.69) is 27.0 Å². The normalized spacial score (nSPS) is 15.9. The van der Waals surface area contributed by atoms with Gasteiger partial charge in [-0.05, 0) is 31.4 Å². The maximum Gasteiger partial charge on any atom is 0.324 e. The Kier molecular flexibility index (Phi) is 5.21. The standard InChI is InChI=1S/C21H26N6O3/c1-4-7-21(29)8-10-27(11-9-21)20(28)25-19-23-17-15(14-12-22-26(2)13-14)5-6-16(30-3)18(17)24-19/h4-6,12-13,29H,1,7-11H2,2-3H3,(H2,23,24,25,28). The van der Waals surface area contributed by atoms with Crippen molar-refractivity contribution in [2.75, 3.05) is 25.5 Å². The molecule has 0 atom stereocenters. The van der Waals surface area contributed by atoms with E-state index in [1.54, 1.807) is 29.0 Å². The number of aliphatic hydroxyl groups is 1. The van der Waals surface area contributed by atoms with Gasteiger partial charge in [-0.3, -0.25) is 10.00 Å². The molecule has 0 unspecified atom stereocenters. The van der Waals surface area contributed by atoms with Gasteiger partial charge < -0.3 is 19.7 Å². The summed E-state index contributed by atoms with van der Waals surface area (Å²) in [4.78, 5) is 22.2. The minimum Gasteiger partial charge on any atom is -0.494 e. The quantitative estimate of drug-likeness (QED) is 0.561. The number of carbonyl (C=O) groups is 1. The van der Waals surface area contributed by atoms with Crippen molar-refractivity contribution in [1.29, 1.82) is 0 Å². The Labute approximate surface area is 174 Å². The Morgan fingerprint density at radius 1 is 1.43 bits per heavy atom. The molecule has 158 valence electrons. The fourth-order valence-electron chi connectivity index (χ4n) is 3.87. The van der Waals surface area contributed by atoms with E-state index in [0.29, 0.717) is 55.1 Å². The molecule has 2 amide bonds. The summed E-state index contributed by atoms with van der Waals surface area (Å²) < 4.78 is 7.18. The average molecular weight is 410 g/mol. The van der Waals surface area contributed by atoms with E-state index in [1.807, 2.05) is 25.4 Å². The van der Waals surface area contributed by atoms with Crippen molar-refractivity contribution in [1.82, 2.24) is 24.6 Å². The van der Waals surface area contributed by atoms with Crippen LogP contribution in [0.3, 0.4) is 0 Å². The summed E-state index contributed by atoms with van der Waals surface area (Å²) >= 11 is 0. The SMILES string of the molecule is C=CCC1(O)CCN(C(=O)Nc2nc3c(-c4cnn(C)c4)ccc(OC)c3[nH]2)CC1. The minimum absolute atomic E-state index is 0.253. The molecule has 0 spiro atoms. The number of urea groups is 1. The van der Waals surface area contributed by atoms with Gasteiger partial charge in [-0.15, -0.1) is 6.58 Å². The second-order valence-electron chi connectivity index (χ2n) is 7.66. The molecule has 0 radical (unpaired) electrons. The lowest BCUT2D eigenvalue weighted by molar-refractivity contribution is -0.00819. The molecular weight excluding hydrogens is 384 g/mol. The summed E-state index contributed by atoms with van der Waals surface area (Å²) in [7, 11) is 3.45. The first-order chi connectivity index (χ1) is 14.4. The van der Waals surface area contributed by atoms with Gasteiger partial charge in [0.05, 0.1) is 18.9 Å². The van der Waals surface area contributed by atoms with Crippen molar-refractivity contribution in [3.63, 3.8) is 0 Å². The van der Waals surface area contributed by atoms with Gasteiger partial charge in [0.1, 0.15) is 16.8 Å². The maximum atomic E-state index is 12.7. The predicted molar refractivity (Wildman–Crippen MR) is 114 cm³/mol. The molecule has 0 aliphatic carbocycles. The number of amides is 2. The summed E-state index contributed by atoms with van der Waals surface area (Å²) in [5, 5.41) is 17.6. The second-order valence-corrected chi connectivity index (χ2v) is 7.66. The maximum absolute atomic E-state index is 12.7. The number of H-pyrrole nitrogens is 1. The molecular formula is C21H26N6O3. The molecule has 0 bridgehead atoms. The Bertz CT molecular complexity index is 1080. The highest BCUT2D eigenvalue weighted by molar-refractivity contribution is 5.98. The molecule has 3 aromatic rings. The van der Waals surface area contributed by atoms with Gasteiger partial charge in [0.25, 0.3) is 0 Å². The molecule has 1 saturated heterocycles. The van der Waals surface area contributed by atoms with Crippen LogP contribution < -0.4 is 10.1 Å². The van der Waals surface area contributed by atoms with Crippen LogP contribution in [-0.2, 0) is 7.05 Å². The van der Waals surface area contributed by atoms with Crippen LogP contribution >= 0.6 is 0 Å². The minimum atomic E-state index is -0.774. The van der Waals surface area contributed by atoms with Crippen LogP contribution in [0.2, 0.25) is 0 Å². The Balaban J connectivity index is 1.56. The summed E-state index contributed by atoms with van der Waals surface area (Å²) in [6.07, 6.45) is 6.97. The number of rotatable bonds is 5. The average Bonchev–Trinajstić information content (AvgIpc) is 3.33. The molecule has 9 heteroatoms. The molecule has 30 heavy (non-hydrogen) atoms. The van der Waals surface area contributed by atoms with Crippen LogP contribution in [0.4, 0.5) is 10.7 Å². The van der Waals surface area contributed by atoms with Crippen LogP contribution in [0, 0.1) is 0 Å². The highest BCUT2D eigenvalue weighted by atomic mass is 16.5. The number of fused-ring (bicyclic) bond motifs is 1. The third-order valence-corrected chi connectivity index (χ3v) is 5.57. The molecule has 1 fully saturated rings. The number of nitrogens with zero attached hydrogens (tertiary/aromatic N) is 4. The Hall–Kier alpha value is -3.33. The highest BCUT2D eigenvalue weighted by Gasteiger charge is 2.33. The van der Waals surface area contributed by atoms with Crippen LogP contribution in [0.5, 0.6) is 5.75 Å². The number of aromatic nitrogens is 4. The first-order valence-corrected chi connectivity index (χ1v) is 9.87. The van der Waals surface area contributed by atoms with Crippen LogP contribution in [0.25, 0.3) is 22.2 Å². The van der Waals surface area contributed by atoms with Crippen molar-refractivity contribution >= 4 is 23.0 Å². The fourth-order valence-corrected chi connectivity index (χ4v) is 3.87. The highest BCUT2D eigenvalue weighted by Crippen LogP contribution is 2.34. The number of piperidine rings is 1. The number of aromatic amines is 1. The molecule has 3 heterocycles. The molecule has 1 aliphatic rings. The second kappa shape index (κ2) is 7.83. The van der Waals surface area contributed by atoms with Crippen molar-refractivity contribution in [2.24, 2.45) is 7.05 Å². The first kappa shape index (κ1) is 20.0. The van der Waals surface area contributed by atoms with E-state index in [1.165, 1.54) is 0 Å². The zero-order chi connectivity index (χ0) is 21.3. The van der Waals surface area contributed by atoms with E-state index < -0.39 is 5.60 Å².